The van der Waals surface area contributed by atoms with Crippen LogP contribution in [0.2, 0.25) is 0 Å². The Morgan fingerprint density at radius 2 is 2.14 bits per heavy atom. The van der Waals surface area contributed by atoms with Gasteiger partial charge < -0.3 is 10.6 Å². The largest absolute Gasteiger partial charge is 0.370 e. The van der Waals surface area contributed by atoms with Gasteiger partial charge in [-0.15, -0.1) is 0 Å². The van der Waals surface area contributed by atoms with Gasteiger partial charge in [0.1, 0.15) is 5.82 Å². The number of halogens is 1. The average molecular weight is 354 g/mol. The maximum absolute atomic E-state index is 12.6. The van der Waals surface area contributed by atoms with Crippen LogP contribution in [0.5, 0.6) is 0 Å². The monoisotopic (exact) mass is 353 g/mol. The van der Waals surface area contributed by atoms with E-state index in [9.17, 15) is 4.79 Å². The first-order valence-electron chi connectivity index (χ1n) is 7.82. The first kappa shape index (κ1) is 16.3. The molecule has 1 aromatic rings. The Kier molecular flexibility index (Phi) is 6.03. The summed E-state index contributed by atoms with van der Waals surface area (Å²) in [5.41, 5.74) is 0.614. The summed E-state index contributed by atoms with van der Waals surface area (Å²) in [4.78, 5) is 16.9. The second-order valence-electron chi connectivity index (χ2n) is 5.78. The van der Waals surface area contributed by atoms with Gasteiger partial charge in [-0.1, -0.05) is 26.2 Å². The van der Waals surface area contributed by atoms with Crippen LogP contribution in [0.15, 0.2) is 16.7 Å². The number of hydrogen-bond acceptors (Lipinski definition) is 3. The van der Waals surface area contributed by atoms with Crippen molar-refractivity contribution in [1.82, 2.24) is 10.3 Å². The van der Waals surface area contributed by atoms with E-state index in [2.05, 4.69) is 38.5 Å². The second-order valence-corrected chi connectivity index (χ2v) is 6.69. The number of anilines is 1. The molecule has 1 amide bonds. The Balaban J connectivity index is 2.13. The maximum atomic E-state index is 12.6. The second kappa shape index (κ2) is 7.78. The van der Waals surface area contributed by atoms with Gasteiger partial charge in [0, 0.05) is 23.3 Å². The lowest BCUT2D eigenvalue weighted by atomic mass is 9.96. The molecule has 0 aliphatic heterocycles. The van der Waals surface area contributed by atoms with E-state index in [1.165, 1.54) is 25.7 Å². The summed E-state index contributed by atoms with van der Waals surface area (Å²) in [5, 5.41) is 6.36. The maximum Gasteiger partial charge on any atom is 0.255 e. The number of aromatic nitrogens is 1. The van der Waals surface area contributed by atoms with Crippen LogP contribution in [-0.2, 0) is 0 Å². The average Bonchev–Trinajstić information content (AvgIpc) is 2.66. The minimum absolute atomic E-state index is 0.0292. The van der Waals surface area contributed by atoms with Gasteiger partial charge in [-0.3, -0.25) is 4.79 Å². The summed E-state index contributed by atoms with van der Waals surface area (Å²) in [5.74, 6) is 1.16. The van der Waals surface area contributed by atoms with E-state index in [-0.39, 0.29) is 11.9 Å². The fraction of sp³-hybridized carbons (Fsp3) is 0.625. The molecule has 116 valence electrons. The summed E-state index contributed by atoms with van der Waals surface area (Å²) in [6.45, 7) is 4.98. The van der Waals surface area contributed by atoms with E-state index in [4.69, 9.17) is 0 Å². The normalized spacial score (nSPS) is 22.4. The summed E-state index contributed by atoms with van der Waals surface area (Å²) in [6, 6.07) is 2.11. The standard InChI is InChI=1S/C16H24BrN3O/c1-3-18-15-13(9-12(17)10-19-15)16(21)20-14-8-6-4-5-7-11(14)2/h9-11,14H,3-8H2,1-2H3,(H,18,19)(H,20,21). The van der Waals surface area contributed by atoms with E-state index in [1.54, 1.807) is 6.20 Å². The summed E-state index contributed by atoms with van der Waals surface area (Å²) in [7, 11) is 0. The molecule has 1 aliphatic carbocycles. The molecule has 1 fully saturated rings. The molecule has 0 spiro atoms. The minimum Gasteiger partial charge on any atom is -0.370 e. The van der Waals surface area contributed by atoms with Gasteiger partial charge in [-0.25, -0.2) is 4.98 Å². The zero-order valence-electron chi connectivity index (χ0n) is 12.8. The topological polar surface area (TPSA) is 54.0 Å². The van der Waals surface area contributed by atoms with Crippen molar-refractivity contribution in [2.45, 2.75) is 52.0 Å². The van der Waals surface area contributed by atoms with Crippen LogP contribution in [0, 0.1) is 5.92 Å². The lowest BCUT2D eigenvalue weighted by Crippen LogP contribution is -2.39. The number of rotatable bonds is 4. The molecule has 1 aliphatic rings. The predicted octanol–water partition coefficient (Wildman–Crippen LogP) is 3.97. The Bertz CT molecular complexity index is 492. The number of hydrogen-bond donors (Lipinski definition) is 2. The molecule has 4 nitrogen and oxygen atoms in total. The highest BCUT2D eigenvalue weighted by molar-refractivity contribution is 9.10. The van der Waals surface area contributed by atoms with Crippen LogP contribution >= 0.6 is 15.9 Å². The predicted molar refractivity (Wildman–Crippen MR) is 89.6 cm³/mol. The zero-order valence-corrected chi connectivity index (χ0v) is 14.4. The molecular formula is C16H24BrN3O. The Hall–Kier alpha value is -1.10. The van der Waals surface area contributed by atoms with Gasteiger partial charge in [0.15, 0.2) is 0 Å². The van der Waals surface area contributed by atoms with Gasteiger partial charge in [-0.2, -0.15) is 0 Å². The number of amides is 1. The number of carbonyl (C=O) groups excluding carboxylic acids is 1. The third-order valence-electron chi connectivity index (χ3n) is 4.12. The van der Waals surface area contributed by atoms with Crippen LogP contribution in [0.25, 0.3) is 0 Å². The molecule has 2 N–H and O–H groups in total. The Morgan fingerprint density at radius 1 is 1.38 bits per heavy atom. The van der Waals surface area contributed by atoms with Gasteiger partial charge in [0.2, 0.25) is 0 Å². The van der Waals surface area contributed by atoms with Crippen LogP contribution in [0.3, 0.4) is 0 Å². The molecule has 1 aromatic heterocycles. The molecule has 0 radical (unpaired) electrons. The van der Waals surface area contributed by atoms with Gasteiger partial charge in [-0.05, 0) is 47.7 Å². The van der Waals surface area contributed by atoms with Crippen molar-refractivity contribution in [2.75, 3.05) is 11.9 Å². The fourth-order valence-electron chi connectivity index (χ4n) is 2.87. The molecule has 2 unspecified atom stereocenters. The lowest BCUT2D eigenvalue weighted by molar-refractivity contribution is 0.0922. The van der Waals surface area contributed by atoms with Crippen molar-refractivity contribution < 1.29 is 4.79 Å². The van der Waals surface area contributed by atoms with E-state index in [0.29, 0.717) is 17.3 Å². The minimum atomic E-state index is -0.0292. The van der Waals surface area contributed by atoms with E-state index in [1.807, 2.05) is 13.0 Å². The fourth-order valence-corrected chi connectivity index (χ4v) is 3.21. The summed E-state index contributed by atoms with van der Waals surface area (Å²) < 4.78 is 0.822. The first-order valence-corrected chi connectivity index (χ1v) is 8.61. The van der Waals surface area contributed by atoms with Gasteiger partial charge in [0.05, 0.1) is 5.56 Å². The lowest BCUT2D eigenvalue weighted by Gasteiger charge is -2.23. The van der Waals surface area contributed by atoms with Gasteiger partial charge >= 0.3 is 0 Å². The molecule has 0 aromatic carbocycles. The van der Waals surface area contributed by atoms with Crippen LogP contribution in [-0.4, -0.2) is 23.5 Å². The van der Waals surface area contributed by atoms with Crippen molar-refractivity contribution >= 4 is 27.7 Å². The number of nitrogens with one attached hydrogen (secondary N) is 2. The third-order valence-corrected chi connectivity index (χ3v) is 4.55. The van der Waals surface area contributed by atoms with Crippen molar-refractivity contribution in [3.05, 3.63) is 22.3 Å². The molecule has 0 saturated heterocycles. The Morgan fingerprint density at radius 3 is 2.90 bits per heavy atom. The van der Waals surface area contributed by atoms with Crippen molar-refractivity contribution in [3.63, 3.8) is 0 Å². The van der Waals surface area contributed by atoms with E-state index in [0.717, 1.165) is 17.4 Å². The highest BCUT2D eigenvalue weighted by Gasteiger charge is 2.23. The molecule has 5 heteroatoms. The van der Waals surface area contributed by atoms with Crippen molar-refractivity contribution in [2.24, 2.45) is 5.92 Å². The van der Waals surface area contributed by atoms with Gasteiger partial charge in [0.25, 0.3) is 5.91 Å². The number of nitrogens with zero attached hydrogens (tertiary/aromatic N) is 1. The number of pyridine rings is 1. The molecule has 2 atom stereocenters. The molecular weight excluding hydrogens is 330 g/mol. The third kappa shape index (κ3) is 4.43. The Labute approximate surface area is 135 Å². The highest BCUT2D eigenvalue weighted by atomic mass is 79.9. The highest BCUT2D eigenvalue weighted by Crippen LogP contribution is 2.24. The summed E-state index contributed by atoms with van der Waals surface area (Å²) >= 11 is 3.40. The molecule has 2 rings (SSSR count). The number of carbonyl (C=O) groups is 1. The smallest absolute Gasteiger partial charge is 0.255 e. The van der Waals surface area contributed by atoms with E-state index < -0.39 is 0 Å². The summed E-state index contributed by atoms with van der Waals surface area (Å²) in [6.07, 6.45) is 7.73. The SMILES string of the molecule is CCNc1ncc(Br)cc1C(=O)NC1CCCCCC1C. The molecule has 1 heterocycles. The van der Waals surface area contributed by atoms with Crippen molar-refractivity contribution in [1.29, 1.82) is 0 Å². The first-order chi connectivity index (χ1) is 10.1. The van der Waals surface area contributed by atoms with Crippen LogP contribution < -0.4 is 10.6 Å². The van der Waals surface area contributed by atoms with Crippen molar-refractivity contribution in [3.8, 4) is 0 Å². The quantitative estimate of drug-likeness (QED) is 0.805. The van der Waals surface area contributed by atoms with E-state index >= 15 is 0 Å². The molecule has 0 bridgehead atoms. The van der Waals surface area contributed by atoms with Crippen LogP contribution in [0.1, 0.15) is 56.3 Å². The molecule has 1 saturated carbocycles. The van der Waals surface area contributed by atoms with Crippen LogP contribution in [0.4, 0.5) is 5.82 Å². The molecule has 21 heavy (non-hydrogen) atoms. The zero-order chi connectivity index (χ0) is 15.2.